The monoisotopic (exact) mass is 316 g/mol. The highest BCUT2D eigenvalue weighted by Gasteiger charge is 2.38. The van der Waals surface area contributed by atoms with Gasteiger partial charge in [0.1, 0.15) is 0 Å². The summed E-state index contributed by atoms with van der Waals surface area (Å²) < 4.78 is 23.5. The molecule has 124 valence electrons. The van der Waals surface area contributed by atoms with Crippen molar-refractivity contribution in [1.29, 1.82) is 0 Å². The molecular weight excluding hydrogens is 284 g/mol. The van der Waals surface area contributed by atoms with E-state index in [0.717, 1.165) is 25.6 Å². The third kappa shape index (κ3) is 4.67. The Bertz CT molecular complexity index is 422. The highest BCUT2D eigenvalue weighted by molar-refractivity contribution is 7.91. The first-order chi connectivity index (χ1) is 9.86. The highest BCUT2D eigenvalue weighted by atomic mass is 32.2. The number of rotatable bonds is 5. The second-order valence-electron chi connectivity index (χ2n) is 7.40. The molecule has 1 heterocycles. The van der Waals surface area contributed by atoms with Crippen LogP contribution in [0.4, 0.5) is 0 Å². The molecule has 1 atom stereocenters. The molecule has 1 saturated heterocycles. The van der Waals surface area contributed by atoms with Gasteiger partial charge in [-0.1, -0.05) is 26.7 Å². The predicted molar refractivity (Wildman–Crippen MR) is 88.3 cm³/mol. The van der Waals surface area contributed by atoms with E-state index in [1.54, 1.807) is 0 Å². The largest absolute Gasteiger partial charge is 0.316 e. The highest BCUT2D eigenvalue weighted by Crippen LogP contribution is 2.39. The van der Waals surface area contributed by atoms with Gasteiger partial charge in [0, 0.05) is 25.7 Å². The normalized spacial score (nSPS) is 37.5. The van der Waals surface area contributed by atoms with Gasteiger partial charge in [-0.3, -0.25) is 4.90 Å². The Morgan fingerprint density at radius 1 is 1.24 bits per heavy atom. The second kappa shape index (κ2) is 6.97. The average molecular weight is 317 g/mol. The van der Waals surface area contributed by atoms with Crippen molar-refractivity contribution in [3.8, 4) is 0 Å². The molecular formula is C16H32N2O2S. The topological polar surface area (TPSA) is 49.4 Å². The van der Waals surface area contributed by atoms with Crippen LogP contribution in [-0.2, 0) is 9.84 Å². The van der Waals surface area contributed by atoms with Crippen LogP contribution < -0.4 is 5.32 Å². The van der Waals surface area contributed by atoms with E-state index >= 15 is 0 Å². The summed E-state index contributed by atoms with van der Waals surface area (Å²) in [6.07, 6.45) is 5.17. The van der Waals surface area contributed by atoms with Crippen molar-refractivity contribution >= 4 is 9.84 Å². The van der Waals surface area contributed by atoms with E-state index in [4.69, 9.17) is 0 Å². The van der Waals surface area contributed by atoms with Crippen LogP contribution in [-0.4, -0.2) is 57.0 Å². The summed E-state index contributed by atoms with van der Waals surface area (Å²) in [6.45, 7) is 10.5. The van der Waals surface area contributed by atoms with Crippen LogP contribution in [0.15, 0.2) is 0 Å². The van der Waals surface area contributed by atoms with E-state index in [2.05, 4.69) is 31.0 Å². The van der Waals surface area contributed by atoms with Crippen molar-refractivity contribution in [2.45, 2.75) is 52.5 Å². The fourth-order valence-electron chi connectivity index (χ4n) is 3.85. The molecule has 1 unspecified atom stereocenters. The van der Waals surface area contributed by atoms with Crippen LogP contribution >= 0.6 is 0 Å². The fourth-order valence-corrected chi connectivity index (χ4v) is 5.48. The summed E-state index contributed by atoms with van der Waals surface area (Å²) in [7, 11) is -2.81. The first-order valence-electron chi connectivity index (χ1n) is 8.51. The summed E-state index contributed by atoms with van der Waals surface area (Å²) in [5.41, 5.74) is 0.345. The summed E-state index contributed by atoms with van der Waals surface area (Å²) in [5.74, 6) is 1.52. The van der Waals surface area contributed by atoms with Crippen LogP contribution in [0, 0.1) is 11.3 Å². The van der Waals surface area contributed by atoms with Gasteiger partial charge >= 0.3 is 0 Å². The Morgan fingerprint density at radius 2 is 1.90 bits per heavy atom. The molecule has 21 heavy (non-hydrogen) atoms. The molecule has 0 bridgehead atoms. The summed E-state index contributed by atoms with van der Waals surface area (Å²) in [5, 5.41) is 3.55. The van der Waals surface area contributed by atoms with Gasteiger partial charge in [-0.15, -0.1) is 0 Å². The molecule has 1 aliphatic heterocycles. The van der Waals surface area contributed by atoms with E-state index < -0.39 is 9.84 Å². The Morgan fingerprint density at radius 3 is 2.48 bits per heavy atom. The van der Waals surface area contributed by atoms with Crippen molar-refractivity contribution in [2.75, 3.05) is 37.7 Å². The van der Waals surface area contributed by atoms with E-state index in [9.17, 15) is 8.42 Å². The second-order valence-corrected chi connectivity index (χ2v) is 9.63. The summed E-state index contributed by atoms with van der Waals surface area (Å²) in [6, 6.07) is 0.168. The van der Waals surface area contributed by atoms with Gasteiger partial charge in [-0.05, 0) is 37.6 Å². The van der Waals surface area contributed by atoms with Gasteiger partial charge in [0.15, 0.2) is 9.84 Å². The molecule has 2 rings (SSSR count). The number of nitrogens with one attached hydrogen (secondary N) is 1. The van der Waals surface area contributed by atoms with E-state index in [0.29, 0.717) is 23.5 Å². The lowest BCUT2D eigenvalue weighted by molar-refractivity contribution is 0.0727. The van der Waals surface area contributed by atoms with Crippen molar-refractivity contribution < 1.29 is 8.42 Å². The van der Waals surface area contributed by atoms with Gasteiger partial charge in [-0.25, -0.2) is 8.42 Å². The van der Waals surface area contributed by atoms with Crippen molar-refractivity contribution in [2.24, 2.45) is 11.3 Å². The molecule has 0 amide bonds. The lowest BCUT2D eigenvalue weighted by atomic mass is 9.70. The lowest BCUT2D eigenvalue weighted by Gasteiger charge is -2.45. The van der Waals surface area contributed by atoms with Crippen molar-refractivity contribution in [1.82, 2.24) is 10.2 Å². The Balaban J connectivity index is 2.01. The maximum absolute atomic E-state index is 11.8. The zero-order valence-corrected chi connectivity index (χ0v) is 14.7. The molecule has 2 aliphatic rings. The van der Waals surface area contributed by atoms with Gasteiger partial charge < -0.3 is 5.32 Å². The molecule has 0 aromatic rings. The van der Waals surface area contributed by atoms with Gasteiger partial charge in [0.05, 0.1) is 11.5 Å². The zero-order chi connectivity index (χ0) is 15.5. The van der Waals surface area contributed by atoms with Gasteiger partial charge in [0.25, 0.3) is 0 Å². The standard InChI is InChI=1S/C16H32N2O2S/c1-4-17-12-16(7-5-14(2)6-8-16)13-18-9-10-21(19,20)11-15(18)3/h14-15,17H,4-13H2,1-3H3. The number of hydrogen-bond donors (Lipinski definition) is 1. The number of nitrogens with zero attached hydrogens (tertiary/aromatic N) is 1. The van der Waals surface area contributed by atoms with E-state index in [1.807, 2.05) is 0 Å². The Labute approximate surface area is 130 Å². The minimum Gasteiger partial charge on any atom is -0.316 e. The maximum Gasteiger partial charge on any atom is 0.153 e. The van der Waals surface area contributed by atoms with Crippen LogP contribution in [0.2, 0.25) is 0 Å². The SMILES string of the molecule is CCNCC1(CN2CCS(=O)(=O)CC2C)CCC(C)CC1. The van der Waals surface area contributed by atoms with Gasteiger partial charge in [0.2, 0.25) is 0 Å². The molecule has 1 aliphatic carbocycles. The van der Waals surface area contributed by atoms with E-state index in [-0.39, 0.29) is 6.04 Å². The third-order valence-corrected chi connectivity index (χ3v) is 7.23. The third-order valence-electron chi connectivity index (χ3n) is 5.43. The molecule has 0 aromatic heterocycles. The first-order valence-corrected chi connectivity index (χ1v) is 10.3. The Kier molecular flexibility index (Phi) is 5.71. The van der Waals surface area contributed by atoms with Gasteiger partial charge in [-0.2, -0.15) is 0 Å². The van der Waals surface area contributed by atoms with Crippen molar-refractivity contribution in [3.63, 3.8) is 0 Å². The molecule has 2 fully saturated rings. The number of sulfone groups is 1. The smallest absolute Gasteiger partial charge is 0.153 e. The molecule has 0 spiro atoms. The maximum atomic E-state index is 11.8. The minimum atomic E-state index is -2.81. The van der Waals surface area contributed by atoms with Crippen LogP contribution in [0.5, 0.6) is 0 Å². The first kappa shape index (κ1) is 17.2. The summed E-state index contributed by atoms with van der Waals surface area (Å²) >= 11 is 0. The molecule has 0 aromatic carbocycles. The quantitative estimate of drug-likeness (QED) is 0.842. The zero-order valence-electron chi connectivity index (χ0n) is 13.9. The molecule has 0 radical (unpaired) electrons. The molecule has 4 nitrogen and oxygen atoms in total. The van der Waals surface area contributed by atoms with Crippen LogP contribution in [0.3, 0.4) is 0 Å². The summed E-state index contributed by atoms with van der Waals surface area (Å²) in [4.78, 5) is 2.42. The molecule has 5 heteroatoms. The van der Waals surface area contributed by atoms with E-state index in [1.165, 1.54) is 25.7 Å². The molecule has 1 saturated carbocycles. The lowest BCUT2D eigenvalue weighted by Crippen LogP contribution is -2.53. The van der Waals surface area contributed by atoms with Crippen molar-refractivity contribution in [3.05, 3.63) is 0 Å². The average Bonchev–Trinajstić information content (AvgIpc) is 2.42. The number of hydrogen-bond acceptors (Lipinski definition) is 4. The van der Waals surface area contributed by atoms with Crippen LogP contribution in [0.25, 0.3) is 0 Å². The molecule has 1 N–H and O–H groups in total. The fraction of sp³-hybridized carbons (Fsp3) is 1.00. The Hall–Kier alpha value is -0.130. The minimum absolute atomic E-state index is 0.168. The van der Waals surface area contributed by atoms with Crippen LogP contribution in [0.1, 0.15) is 46.5 Å². The predicted octanol–water partition coefficient (Wildman–Crippen LogP) is 1.91.